The lowest BCUT2D eigenvalue weighted by Gasteiger charge is -2.15. The number of halogens is 1. The summed E-state index contributed by atoms with van der Waals surface area (Å²) in [5.41, 5.74) is 1.80. The number of ketones is 1. The fourth-order valence-corrected chi connectivity index (χ4v) is 4.22. The van der Waals surface area contributed by atoms with Crippen LogP contribution in [0.15, 0.2) is 53.5 Å². The highest BCUT2D eigenvalue weighted by Gasteiger charge is 2.39. The average molecular weight is 460 g/mol. The minimum absolute atomic E-state index is 0.00107. The summed E-state index contributed by atoms with van der Waals surface area (Å²) in [6, 6.07) is 13.6. The van der Waals surface area contributed by atoms with Crippen molar-refractivity contribution >= 4 is 57.5 Å². The Morgan fingerprint density at radius 2 is 1.84 bits per heavy atom. The zero-order valence-corrected chi connectivity index (χ0v) is 18.7. The zero-order chi connectivity index (χ0) is 22.4. The van der Waals surface area contributed by atoms with E-state index < -0.39 is 5.25 Å². The zero-order valence-electron chi connectivity index (χ0n) is 17.1. The molecule has 2 aromatic carbocycles. The third-order valence-electron chi connectivity index (χ3n) is 4.54. The summed E-state index contributed by atoms with van der Waals surface area (Å²) in [4.78, 5) is 42.9. The number of nitrogens with zero attached hydrogens (tertiary/aromatic N) is 2. The third kappa shape index (κ3) is 6.16. The fourth-order valence-electron chi connectivity index (χ4n) is 2.91. The van der Waals surface area contributed by atoms with E-state index >= 15 is 0 Å². The van der Waals surface area contributed by atoms with Crippen LogP contribution in [-0.2, 0) is 14.3 Å². The van der Waals surface area contributed by atoms with E-state index in [0.717, 1.165) is 0 Å². The number of amidine groups is 1. The summed E-state index contributed by atoms with van der Waals surface area (Å²) in [6.45, 7) is 2.18. The number of amides is 2. The van der Waals surface area contributed by atoms with Gasteiger partial charge in [-0.15, -0.1) is 0 Å². The topological polar surface area (TPSA) is 88.1 Å². The van der Waals surface area contributed by atoms with Crippen LogP contribution in [0.3, 0.4) is 0 Å². The van der Waals surface area contributed by atoms with Crippen molar-refractivity contribution < 1.29 is 19.1 Å². The van der Waals surface area contributed by atoms with Crippen molar-refractivity contribution in [2.45, 2.75) is 18.6 Å². The summed E-state index contributed by atoms with van der Waals surface area (Å²) in [5.74, 6) is -0.521. The van der Waals surface area contributed by atoms with E-state index in [0.29, 0.717) is 40.3 Å². The molecule has 0 saturated carbocycles. The van der Waals surface area contributed by atoms with Crippen LogP contribution in [0.5, 0.6) is 0 Å². The highest BCUT2D eigenvalue weighted by atomic mass is 35.5. The number of Topliss-reactive ketones (excluding diaryl/α,β-unsaturated/α-hetero) is 1. The number of benzene rings is 2. The number of hydrogen-bond donors (Lipinski definition) is 1. The van der Waals surface area contributed by atoms with Gasteiger partial charge in [-0.25, -0.2) is 4.99 Å². The number of rotatable bonds is 8. The number of methoxy groups -OCH3 is 1. The van der Waals surface area contributed by atoms with Gasteiger partial charge in [0.05, 0.1) is 18.8 Å². The molecule has 0 aromatic heterocycles. The number of hydrogen-bond acceptors (Lipinski definition) is 6. The van der Waals surface area contributed by atoms with Gasteiger partial charge in [0.25, 0.3) is 0 Å². The standard InChI is InChI=1S/C22H22ClN3O4S/c1-14(27)15-3-7-17(8-4-15)24-20(28)13-19-21(29)26(11-12-30-2)22(31-19)25-18-9-5-16(23)6-10-18/h3-10,19H,11-13H2,1-2H3,(H,24,28)/t19-/m0/s1. The molecule has 0 bridgehead atoms. The Morgan fingerprint density at radius 3 is 2.45 bits per heavy atom. The molecule has 1 heterocycles. The maximum Gasteiger partial charge on any atom is 0.242 e. The summed E-state index contributed by atoms with van der Waals surface area (Å²) < 4.78 is 5.11. The molecule has 1 aliphatic heterocycles. The number of carbonyl (C=O) groups is 3. The smallest absolute Gasteiger partial charge is 0.242 e. The van der Waals surface area contributed by atoms with E-state index in [2.05, 4.69) is 10.3 Å². The van der Waals surface area contributed by atoms with Gasteiger partial charge in [0.1, 0.15) is 5.25 Å². The summed E-state index contributed by atoms with van der Waals surface area (Å²) in [7, 11) is 1.56. The van der Waals surface area contributed by atoms with Gasteiger partial charge in [0.15, 0.2) is 11.0 Å². The molecular weight excluding hydrogens is 438 g/mol. The first-order valence-electron chi connectivity index (χ1n) is 9.59. The van der Waals surface area contributed by atoms with Gasteiger partial charge >= 0.3 is 0 Å². The Bertz CT molecular complexity index is 993. The molecule has 9 heteroatoms. The van der Waals surface area contributed by atoms with Crippen molar-refractivity contribution in [2.75, 3.05) is 25.6 Å². The van der Waals surface area contributed by atoms with E-state index in [1.165, 1.54) is 18.7 Å². The maximum absolute atomic E-state index is 12.9. The molecule has 7 nitrogen and oxygen atoms in total. The van der Waals surface area contributed by atoms with Crippen LogP contribution in [-0.4, -0.2) is 53.2 Å². The van der Waals surface area contributed by atoms with E-state index in [1.54, 1.807) is 60.5 Å². The van der Waals surface area contributed by atoms with Crippen LogP contribution in [0.4, 0.5) is 11.4 Å². The molecule has 2 amide bonds. The van der Waals surface area contributed by atoms with Crippen molar-refractivity contribution in [2.24, 2.45) is 4.99 Å². The third-order valence-corrected chi connectivity index (χ3v) is 5.96. The Morgan fingerprint density at radius 1 is 1.16 bits per heavy atom. The lowest BCUT2D eigenvalue weighted by atomic mass is 10.1. The van der Waals surface area contributed by atoms with Crippen LogP contribution in [0.25, 0.3) is 0 Å². The SMILES string of the molecule is COCCN1C(=O)[C@H](CC(=O)Nc2ccc(C(C)=O)cc2)SC1=Nc1ccc(Cl)cc1. The quantitative estimate of drug-likeness (QED) is 0.599. The molecule has 1 aliphatic rings. The van der Waals surface area contributed by atoms with Crippen LogP contribution >= 0.6 is 23.4 Å². The molecule has 0 radical (unpaired) electrons. The lowest BCUT2D eigenvalue weighted by molar-refractivity contribution is -0.128. The highest BCUT2D eigenvalue weighted by molar-refractivity contribution is 8.15. The number of carbonyl (C=O) groups excluding carboxylic acids is 3. The minimum Gasteiger partial charge on any atom is -0.383 e. The molecule has 1 N–H and O–H groups in total. The lowest BCUT2D eigenvalue weighted by Crippen LogP contribution is -2.35. The fraction of sp³-hybridized carbons (Fsp3) is 0.273. The van der Waals surface area contributed by atoms with E-state index in [4.69, 9.17) is 16.3 Å². The molecule has 1 atom stereocenters. The molecule has 2 aromatic rings. The Labute approximate surface area is 189 Å². The first-order valence-corrected chi connectivity index (χ1v) is 10.8. The van der Waals surface area contributed by atoms with Crippen molar-refractivity contribution in [3.63, 3.8) is 0 Å². The Kier molecular flexibility index (Phi) is 7.84. The maximum atomic E-state index is 12.9. The number of ether oxygens (including phenoxy) is 1. The van der Waals surface area contributed by atoms with E-state index in [-0.39, 0.29) is 24.0 Å². The number of anilines is 1. The van der Waals surface area contributed by atoms with Crippen molar-refractivity contribution in [1.82, 2.24) is 4.90 Å². The summed E-state index contributed by atoms with van der Waals surface area (Å²) in [5, 5.41) is 3.31. The number of thioether (sulfide) groups is 1. The van der Waals surface area contributed by atoms with Gasteiger partial charge in [0, 0.05) is 29.8 Å². The van der Waals surface area contributed by atoms with Crippen LogP contribution in [0.1, 0.15) is 23.7 Å². The highest BCUT2D eigenvalue weighted by Crippen LogP contribution is 2.32. The number of aliphatic imine (C=N–C) groups is 1. The van der Waals surface area contributed by atoms with Crippen LogP contribution < -0.4 is 5.32 Å². The van der Waals surface area contributed by atoms with Gasteiger partial charge in [-0.3, -0.25) is 19.3 Å². The van der Waals surface area contributed by atoms with Crippen molar-refractivity contribution in [3.8, 4) is 0 Å². The first-order chi connectivity index (χ1) is 14.9. The monoisotopic (exact) mass is 459 g/mol. The molecule has 162 valence electrons. The second-order valence-electron chi connectivity index (χ2n) is 6.85. The van der Waals surface area contributed by atoms with E-state index in [9.17, 15) is 14.4 Å². The molecule has 0 aliphatic carbocycles. The largest absolute Gasteiger partial charge is 0.383 e. The van der Waals surface area contributed by atoms with Crippen LogP contribution in [0.2, 0.25) is 5.02 Å². The molecular formula is C22H22ClN3O4S. The molecule has 3 rings (SSSR count). The summed E-state index contributed by atoms with van der Waals surface area (Å²) >= 11 is 7.18. The second kappa shape index (κ2) is 10.6. The second-order valence-corrected chi connectivity index (χ2v) is 8.45. The van der Waals surface area contributed by atoms with Crippen molar-refractivity contribution in [3.05, 3.63) is 59.1 Å². The normalized spacial score (nSPS) is 17.3. The first kappa shape index (κ1) is 23.0. The molecule has 0 spiro atoms. The predicted octanol–water partition coefficient (Wildman–Crippen LogP) is 4.15. The minimum atomic E-state index is -0.584. The van der Waals surface area contributed by atoms with Gasteiger partial charge in [-0.2, -0.15) is 0 Å². The van der Waals surface area contributed by atoms with Gasteiger partial charge in [-0.05, 0) is 55.5 Å². The van der Waals surface area contributed by atoms with Gasteiger partial charge < -0.3 is 10.1 Å². The number of nitrogens with one attached hydrogen (secondary N) is 1. The van der Waals surface area contributed by atoms with Crippen molar-refractivity contribution in [1.29, 1.82) is 0 Å². The molecule has 31 heavy (non-hydrogen) atoms. The average Bonchev–Trinajstić information content (AvgIpc) is 3.02. The van der Waals surface area contributed by atoms with E-state index in [1.807, 2.05) is 0 Å². The Hall–Kier alpha value is -2.68. The Balaban J connectivity index is 1.70. The predicted molar refractivity (Wildman–Crippen MR) is 123 cm³/mol. The van der Waals surface area contributed by atoms with Gasteiger partial charge in [0.2, 0.25) is 11.8 Å². The molecule has 0 unspecified atom stereocenters. The van der Waals surface area contributed by atoms with Crippen LogP contribution in [0, 0.1) is 0 Å². The molecule has 1 saturated heterocycles. The van der Waals surface area contributed by atoms with Gasteiger partial charge in [-0.1, -0.05) is 23.4 Å². The molecule has 1 fully saturated rings. The summed E-state index contributed by atoms with van der Waals surface area (Å²) in [6.07, 6.45) is 0.00107.